The Bertz CT molecular complexity index is 1430. The van der Waals surface area contributed by atoms with Crippen molar-refractivity contribution in [1.29, 1.82) is 5.26 Å². The van der Waals surface area contributed by atoms with Crippen LogP contribution in [0.4, 0.5) is 10.5 Å². The summed E-state index contributed by atoms with van der Waals surface area (Å²) < 4.78 is 7.59. The zero-order valence-electron chi connectivity index (χ0n) is 18.3. The van der Waals surface area contributed by atoms with Gasteiger partial charge in [0.1, 0.15) is 12.4 Å². The number of hydrogen-bond acceptors (Lipinski definition) is 7. The normalized spacial score (nSPS) is 14.2. The van der Waals surface area contributed by atoms with E-state index in [4.69, 9.17) is 4.74 Å². The van der Waals surface area contributed by atoms with Crippen LogP contribution in [0.3, 0.4) is 0 Å². The number of halogens is 2. The summed E-state index contributed by atoms with van der Waals surface area (Å²) in [5.41, 5.74) is 2.60. The van der Waals surface area contributed by atoms with Gasteiger partial charge in [0, 0.05) is 12.1 Å². The topological polar surface area (TPSA) is 114 Å². The summed E-state index contributed by atoms with van der Waals surface area (Å²) in [7, 11) is 0. The minimum Gasteiger partial charge on any atom is -0.487 e. The highest BCUT2D eigenvalue weighted by Gasteiger charge is 2.35. The first-order valence-electron chi connectivity index (χ1n) is 10.4. The molecule has 0 unspecified atom stereocenters. The summed E-state index contributed by atoms with van der Waals surface area (Å²) in [4.78, 5) is 37.3. The standard InChI is InChI=1S/C25H15I2N3O5S/c26-20-9-16(10-21(27)23(20)35-14-15-5-7-19(8-6-15)30(33)34)11-22-24(31)29(25(32)36-22)13-18-4-2-1-3-17(18)12-28/h1-11H,13-14H2/b22-11+. The zero-order valence-corrected chi connectivity index (χ0v) is 23.4. The molecule has 0 aromatic heterocycles. The number of thioether (sulfide) groups is 1. The van der Waals surface area contributed by atoms with E-state index in [0.717, 1.165) is 34.9 Å². The average molecular weight is 723 g/mol. The molecule has 0 atom stereocenters. The molecule has 1 fully saturated rings. The molecule has 4 rings (SSSR count). The minimum atomic E-state index is -0.449. The lowest BCUT2D eigenvalue weighted by molar-refractivity contribution is -0.384. The molecule has 3 aromatic carbocycles. The van der Waals surface area contributed by atoms with E-state index in [1.165, 1.54) is 12.1 Å². The van der Waals surface area contributed by atoms with Crippen LogP contribution in [0, 0.1) is 28.6 Å². The van der Waals surface area contributed by atoms with Crippen molar-refractivity contribution in [3.63, 3.8) is 0 Å². The Morgan fingerprint density at radius 2 is 1.75 bits per heavy atom. The highest BCUT2D eigenvalue weighted by molar-refractivity contribution is 14.1. The predicted molar refractivity (Wildman–Crippen MR) is 152 cm³/mol. The number of amides is 2. The van der Waals surface area contributed by atoms with E-state index < -0.39 is 10.8 Å². The van der Waals surface area contributed by atoms with Gasteiger partial charge in [-0.2, -0.15) is 5.26 Å². The van der Waals surface area contributed by atoms with E-state index in [1.54, 1.807) is 42.5 Å². The Balaban J connectivity index is 1.49. The molecule has 1 saturated heterocycles. The van der Waals surface area contributed by atoms with E-state index in [2.05, 4.69) is 51.3 Å². The highest BCUT2D eigenvalue weighted by atomic mass is 127. The Morgan fingerprint density at radius 1 is 1.08 bits per heavy atom. The molecule has 0 spiro atoms. The quantitative estimate of drug-likeness (QED) is 0.119. The van der Waals surface area contributed by atoms with Crippen LogP contribution in [0.2, 0.25) is 0 Å². The summed E-state index contributed by atoms with van der Waals surface area (Å²) in [6, 6.07) is 18.8. The maximum atomic E-state index is 12.9. The van der Waals surface area contributed by atoms with Gasteiger partial charge in [-0.1, -0.05) is 18.2 Å². The lowest BCUT2D eigenvalue weighted by Crippen LogP contribution is -2.27. The van der Waals surface area contributed by atoms with Gasteiger partial charge in [-0.05, 0) is 110 Å². The van der Waals surface area contributed by atoms with E-state index >= 15 is 0 Å². The number of rotatable bonds is 7. The van der Waals surface area contributed by atoms with Crippen LogP contribution in [0.15, 0.2) is 65.6 Å². The predicted octanol–water partition coefficient (Wildman–Crippen LogP) is 6.49. The largest absolute Gasteiger partial charge is 0.487 e. The monoisotopic (exact) mass is 723 g/mol. The summed E-state index contributed by atoms with van der Waals surface area (Å²) in [5, 5.41) is 19.7. The van der Waals surface area contributed by atoms with Gasteiger partial charge in [0.2, 0.25) is 0 Å². The number of ether oxygens (including phenoxy) is 1. The number of carbonyl (C=O) groups excluding carboxylic acids is 2. The number of nitriles is 1. The smallest absolute Gasteiger partial charge is 0.293 e. The van der Waals surface area contributed by atoms with Gasteiger partial charge in [0.15, 0.2) is 0 Å². The molecule has 0 radical (unpaired) electrons. The second-order valence-corrected chi connectivity index (χ2v) is 10.9. The third-order valence-electron chi connectivity index (χ3n) is 5.19. The van der Waals surface area contributed by atoms with Crippen molar-refractivity contribution in [3.8, 4) is 11.8 Å². The van der Waals surface area contributed by atoms with Crippen LogP contribution in [0.1, 0.15) is 22.3 Å². The maximum absolute atomic E-state index is 12.9. The molecule has 0 bridgehead atoms. The van der Waals surface area contributed by atoms with Gasteiger partial charge in [-0.25, -0.2) is 0 Å². The third kappa shape index (κ3) is 5.88. The van der Waals surface area contributed by atoms with E-state index in [-0.39, 0.29) is 24.1 Å². The average Bonchev–Trinajstić information content (AvgIpc) is 3.11. The molecule has 36 heavy (non-hydrogen) atoms. The summed E-state index contributed by atoms with van der Waals surface area (Å²) in [6.45, 7) is 0.280. The van der Waals surface area contributed by atoms with Crippen LogP contribution >= 0.6 is 56.9 Å². The molecular weight excluding hydrogens is 708 g/mol. The number of nitro groups is 1. The Labute approximate surface area is 237 Å². The van der Waals surface area contributed by atoms with Crippen molar-refractivity contribution in [2.75, 3.05) is 0 Å². The minimum absolute atomic E-state index is 0.0194. The molecule has 1 heterocycles. The Morgan fingerprint density at radius 3 is 2.39 bits per heavy atom. The van der Waals surface area contributed by atoms with Gasteiger partial charge in [0.05, 0.1) is 35.1 Å². The van der Waals surface area contributed by atoms with Crippen molar-refractivity contribution >= 4 is 79.9 Å². The van der Waals surface area contributed by atoms with Gasteiger partial charge < -0.3 is 4.74 Å². The molecule has 180 valence electrons. The number of non-ortho nitro benzene ring substituents is 1. The molecular formula is C25H15I2N3O5S. The number of imide groups is 1. The number of benzene rings is 3. The first-order chi connectivity index (χ1) is 17.3. The second kappa shape index (κ2) is 11.4. The van der Waals surface area contributed by atoms with Crippen molar-refractivity contribution in [3.05, 3.63) is 105 Å². The fraction of sp³-hybridized carbons (Fsp3) is 0.0800. The molecule has 0 saturated carbocycles. The van der Waals surface area contributed by atoms with Crippen molar-refractivity contribution in [2.24, 2.45) is 0 Å². The zero-order chi connectivity index (χ0) is 25.8. The fourth-order valence-corrected chi connectivity index (χ4v) is 6.36. The molecule has 1 aliphatic rings. The lowest BCUT2D eigenvalue weighted by atomic mass is 10.1. The number of hydrogen-bond donors (Lipinski definition) is 0. The summed E-state index contributed by atoms with van der Waals surface area (Å²) in [6.07, 6.45) is 1.67. The first-order valence-corrected chi connectivity index (χ1v) is 13.3. The summed E-state index contributed by atoms with van der Waals surface area (Å²) in [5.74, 6) is 0.258. The third-order valence-corrected chi connectivity index (χ3v) is 7.70. The SMILES string of the molecule is N#Cc1ccccc1CN1C(=O)S/C(=C/c2cc(I)c(OCc3ccc([N+](=O)[O-])cc3)c(I)c2)C1=O. The first kappa shape index (κ1) is 26.1. The lowest BCUT2D eigenvalue weighted by Gasteiger charge is -2.13. The molecule has 1 aliphatic heterocycles. The van der Waals surface area contributed by atoms with Gasteiger partial charge >= 0.3 is 0 Å². The second-order valence-electron chi connectivity index (χ2n) is 7.56. The molecule has 2 amide bonds. The maximum Gasteiger partial charge on any atom is 0.293 e. The molecule has 3 aromatic rings. The van der Waals surface area contributed by atoms with Crippen LogP contribution < -0.4 is 4.74 Å². The fourth-order valence-electron chi connectivity index (χ4n) is 3.40. The Hall–Kier alpha value is -2.96. The molecule has 0 N–H and O–H groups in total. The van der Waals surface area contributed by atoms with Crippen LogP contribution in [0.5, 0.6) is 5.75 Å². The summed E-state index contributed by atoms with van der Waals surface area (Å²) >= 11 is 5.15. The van der Waals surface area contributed by atoms with E-state index in [9.17, 15) is 25.0 Å². The van der Waals surface area contributed by atoms with Crippen molar-refractivity contribution in [1.82, 2.24) is 4.90 Å². The van der Waals surface area contributed by atoms with Gasteiger partial charge in [0.25, 0.3) is 16.8 Å². The number of carbonyl (C=O) groups is 2. The number of nitro benzene ring substituents is 1. The highest BCUT2D eigenvalue weighted by Crippen LogP contribution is 2.36. The van der Waals surface area contributed by atoms with Crippen molar-refractivity contribution in [2.45, 2.75) is 13.2 Å². The molecule has 8 nitrogen and oxygen atoms in total. The van der Waals surface area contributed by atoms with Crippen LogP contribution in [-0.4, -0.2) is 21.0 Å². The van der Waals surface area contributed by atoms with Crippen molar-refractivity contribution < 1.29 is 19.2 Å². The van der Waals surface area contributed by atoms with Gasteiger partial charge in [-0.15, -0.1) is 0 Å². The van der Waals surface area contributed by atoms with E-state index in [1.807, 2.05) is 12.1 Å². The van der Waals surface area contributed by atoms with E-state index in [0.29, 0.717) is 21.8 Å². The van der Waals surface area contributed by atoms with Crippen LogP contribution in [-0.2, 0) is 17.9 Å². The Kier molecular flexibility index (Phi) is 8.27. The molecule has 11 heteroatoms. The van der Waals surface area contributed by atoms with Gasteiger partial charge in [-0.3, -0.25) is 24.6 Å². The number of nitrogens with zero attached hydrogens (tertiary/aromatic N) is 3. The molecule has 0 aliphatic carbocycles. The van der Waals surface area contributed by atoms with Crippen LogP contribution in [0.25, 0.3) is 6.08 Å².